The molecule has 1 aliphatic heterocycles. The lowest BCUT2D eigenvalue weighted by molar-refractivity contribution is 0.414. The number of hydrogen-bond acceptors (Lipinski definition) is 7. The van der Waals surface area contributed by atoms with Crippen molar-refractivity contribution in [1.82, 2.24) is 14.3 Å². The van der Waals surface area contributed by atoms with E-state index >= 15 is 0 Å². The Morgan fingerprint density at radius 3 is 2.54 bits per heavy atom. The summed E-state index contributed by atoms with van der Waals surface area (Å²) in [5, 5.41) is 5.59. The van der Waals surface area contributed by atoms with Gasteiger partial charge >= 0.3 is 5.63 Å². The molecule has 0 saturated carbocycles. The number of fused-ring (bicyclic) bond motifs is 4. The van der Waals surface area contributed by atoms with E-state index in [4.69, 9.17) is 19.2 Å². The van der Waals surface area contributed by atoms with E-state index in [0.29, 0.717) is 32.6 Å². The van der Waals surface area contributed by atoms with E-state index in [1.54, 1.807) is 46.7 Å². The summed E-state index contributed by atoms with van der Waals surface area (Å²) in [6.45, 7) is 0. The molecule has 0 amide bonds. The van der Waals surface area contributed by atoms with Gasteiger partial charge in [0.15, 0.2) is 4.80 Å². The quantitative estimate of drug-likeness (QED) is 0.196. The molecule has 10 heteroatoms. The van der Waals surface area contributed by atoms with Gasteiger partial charge in [0.05, 0.1) is 34.6 Å². The summed E-state index contributed by atoms with van der Waals surface area (Å²) in [5.41, 5.74) is 6.47. The highest BCUT2D eigenvalue weighted by atomic mass is 32.1. The Bertz CT molecular complexity index is 2760. The maximum absolute atomic E-state index is 14.5. The minimum absolute atomic E-state index is 0.237. The zero-order valence-electron chi connectivity index (χ0n) is 26.7. The predicted octanol–water partition coefficient (Wildman–Crippen LogP) is 6.43. The second-order valence-electron chi connectivity index (χ2n) is 12.2. The second-order valence-corrected chi connectivity index (χ2v) is 13.2. The van der Waals surface area contributed by atoms with Crippen LogP contribution in [0.1, 0.15) is 34.7 Å². The van der Waals surface area contributed by atoms with E-state index in [9.17, 15) is 14.0 Å². The summed E-state index contributed by atoms with van der Waals surface area (Å²) < 4.78 is 29.1. The van der Waals surface area contributed by atoms with Crippen LogP contribution in [0, 0.1) is 5.82 Å². The fourth-order valence-corrected chi connectivity index (χ4v) is 7.91. The van der Waals surface area contributed by atoms with Gasteiger partial charge in [0.25, 0.3) is 5.56 Å². The topological polar surface area (TPSA) is 91.6 Å². The van der Waals surface area contributed by atoms with Crippen molar-refractivity contribution in [3.05, 3.63) is 173 Å². The van der Waals surface area contributed by atoms with Crippen LogP contribution in [0.4, 0.5) is 4.39 Å². The number of rotatable bonds is 5. The van der Waals surface area contributed by atoms with E-state index in [0.717, 1.165) is 51.2 Å². The largest absolute Gasteiger partial charge is 0.497 e. The number of aromatic nitrogens is 3. The van der Waals surface area contributed by atoms with Crippen LogP contribution in [0.25, 0.3) is 39.7 Å². The lowest BCUT2D eigenvalue weighted by Crippen LogP contribution is -2.38. The normalized spacial score (nSPS) is 15.4. The first-order chi connectivity index (χ1) is 24.4. The molecule has 1 unspecified atom stereocenters. The molecule has 9 rings (SSSR count). The highest BCUT2D eigenvalue weighted by molar-refractivity contribution is 7.07. The molecule has 4 aromatic carbocycles. The summed E-state index contributed by atoms with van der Waals surface area (Å²) in [6.07, 6.45) is 5.00. The van der Waals surface area contributed by atoms with Crippen molar-refractivity contribution in [3.8, 4) is 22.7 Å². The lowest BCUT2D eigenvalue weighted by atomic mass is 9.83. The lowest BCUT2D eigenvalue weighted by Gasteiger charge is -2.31. The van der Waals surface area contributed by atoms with Crippen molar-refractivity contribution >= 4 is 34.1 Å². The van der Waals surface area contributed by atoms with Crippen LogP contribution in [0.3, 0.4) is 0 Å². The minimum Gasteiger partial charge on any atom is -0.497 e. The number of para-hydroxylation sites is 2. The number of benzene rings is 4. The summed E-state index contributed by atoms with van der Waals surface area (Å²) in [7, 11) is 1.65. The molecule has 3 aromatic heterocycles. The fraction of sp³-hybridized carbons (Fsp3) is 0.100. The third kappa shape index (κ3) is 4.95. The van der Waals surface area contributed by atoms with Crippen molar-refractivity contribution in [2.75, 3.05) is 7.11 Å². The number of thiazole rings is 1. The van der Waals surface area contributed by atoms with Crippen LogP contribution in [0.15, 0.2) is 134 Å². The molecule has 0 spiro atoms. The number of halogens is 1. The van der Waals surface area contributed by atoms with Gasteiger partial charge in [-0.05, 0) is 90.2 Å². The molecule has 50 heavy (non-hydrogen) atoms. The van der Waals surface area contributed by atoms with Crippen LogP contribution in [-0.2, 0) is 6.42 Å². The van der Waals surface area contributed by atoms with Crippen LogP contribution in [0.5, 0.6) is 5.75 Å². The summed E-state index contributed by atoms with van der Waals surface area (Å²) in [6, 6.07) is 30.4. The average Bonchev–Trinajstić information content (AvgIpc) is 3.71. The third-order valence-electron chi connectivity index (χ3n) is 9.30. The van der Waals surface area contributed by atoms with Crippen molar-refractivity contribution in [2.45, 2.75) is 18.9 Å². The maximum atomic E-state index is 14.5. The molecule has 0 saturated heterocycles. The van der Waals surface area contributed by atoms with Crippen molar-refractivity contribution in [2.24, 2.45) is 4.99 Å². The predicted molar refractivity (Wildman–Crippen MR) is 191 cm³/mol. The first-order valence-corrected chi connectivity index (χ1v) is 16.9. The molecule has 2 aliphatic rings. The Morgan fingerprint density at radius 2 is 1.72 bits per heavy atom. The summed E-state index contributed by atoms with van der Waals surface area (Å²) >= 11 is 1.27. The fourth-order valence-electron chi connectivity index (χ4n) is 6.92. The Kier molecular flexibility index (Phi) is 7.06. The molecular formula is C40H27FN4O4S. The minimum atomic E-state index is -0.530. The van der Waals surface area contributed by atoms with E-state index < -0.39 is 11.7 Å². The van der Waals surface area contributed by atoms with Gasteiger partial charge in [-0.3, -0.25) is 9.36 Å². The van der Waals surface area contributed by atoms with Crippen LogP contribution >= 0.6 is 11.3 Å². The monoisotopic (exact) mass is 678 g/mol. The molecule has 0 N–H and O–H groups in total. The standard InChI is InChI=1S/C40H27FN4O4S/c1-48-29-16-18-30-24(19-29)13-17-31-36(30)42-40-45(37(31)23-11-14-27(41)15-12-23)38(46)34(50-40)21-26-22-44(28-8-3-2-4-9-28)43-35(26)32-20-25-7-5-6-10-33(25)49-39(32)47/h2-12,14-16,18-22,37H,13,17H2,1H3. The Hall–Kier alpha value is -6.13. The highest BCUT2D eigenvalue weighted by Gasteiger charge is 2.33. The number of aryl methyl sites for hydroxylation is 1. The number of hydrogen-bond donors (Lipinski definition) is 0. The Morgan fingerprint density at radius 1 is 0.920 bits per heavy atom. The average molecular weight is 679 g/mol. The highest BCUT2D eigenvalue weighted by Crippen LogP contribution is 2.42. The van der Waals surface area contributed by atoms with Crippen LogP contribution < -0.4 is 25.3 Å². The zero-order valence-corrected chi connectivity index (χ0v) is 27.5. The Balaban J connectivity index is 1.27. The van der Waals surface area contributed by atoms with Gasteiger partial charge in [-0.25, -0.2) is 18.9 Å². The van der Waals surface area contributed by atoms with Gasteiger partial charge in [-0.15, -0.1) is 0 Å². The molecular weight excluding hydrogens is 652 g/mol. The van der Waals surface area contributed by atoms with E-state index in [1.807, 2.05) is 72.9 Å². The Labute approximate surface area is 288 Å². The number of methoxy groups -OCH3 is 1. The molecule has 0 fully saturated rings. The van der Waals surface area contributed by atoms with Crippen molar-refractivity contribution in [3.63, 3.8) is 0 Å². The van der Waals surface area contributed by atoms with Gasteiger partial charge in [-0.1, -0.05) is 59.9 Å². The first kappa shape index (κ1) is 30.0. The van der Waals surface area contributed by atoms with Gasteiger partial charge < -0.3 is 9.15 Å². The molecule has 244 valence electrons. The van der Waals surface area contributed by atoms with E-state index in [2.05, 4.69) is 0 Å². The molecule has 1 atom stereocenters. The molecule has 4 heterocycles. The van der Waals surface area contributed by atoms with Crippen molar-refractivity contribution in [1.29, 1.82) is 0 Å². The molecule has 0 radical (unpaired) electrons. The molecule has 1 aliphatic carbocycles. The maximum Gasteiger partial charge on any atom is 0.345 e. The molecule has 7 aromatic rings. The third-order valence-corrected chi connectivity index (χ3v) is 10.3. The second kappa shape index (κ2) is 11.8. The summed E-state index contributed by atoms with van der Waals surface area (Å²) in [5.74, 6) is 0.425. The smallest absolute Gasteiger partial charge is 0.345 e. The van der Waals surface area contributed by atoms with Crippen LogP contribution in [0.2, 0.25) is 0 Å². The summed E-state index contributed by atoms with van der Waals surface area (Å²) in [4.78, 5) is 33.5. The number of allylic oxidation sites excluding steroid dienone is 1. The first-order valence-electron chi connectivity index (χ1n) is 16.1. The van der Waals surface area contributed by atoms with Crippen LogP contribution in [-0.4, -0.2) is 21.5 Å². The molecule has 0 bridgehead atoms. The number of nitrogens with zero attached hydrogens (tertiary/aromatic N) is 4. The van der Waals surface area contributed by atoms with Gasteiger partial charge in [0, 0.05) is 22.7 Å². The SMILES string of the molecule is COc1ccc2c(c1)CCC1=C2N=c2sc(=Cc3cn(-c4ccccc4)nc3-c3cc4ccccc4oc3=O)c(=O)n2C1c1ccc(F)cc1. The zero-order chi connectivity index (χ0) is 33.9. The van der Waals surface area contributed by atoms with E-state index in [-0.39, 0.29) is 16.9 Å². The van der Waals surface area contributed by atoms with Gasteiger partial charge in [0.2, 0.25) is 0 Å². The van der Waals surface area contributed by atoms with Crippen molar-refractivity contribution < 1.29 is 13.5 Å². The number of ether oxygens (including phenoxy) is 1. The van der Waals surface area contributed by atoms with Gasteiger partial charge in [-0.2, -0.15) is 5.10 Å². The van der Waals surface area contributed by atoms with E-state index in [1.165, 1.54) is 23.5 Å². The molecule has 8 nitrogen and oxygen atoms in total. The van der Waals surface area contributed by atoms with Gasteiger partial charge in [0.1, 0.15) is 22.8 Å².